The predicted octanol–water partition coefficient (Wildman–Crippen LogP) is 3.87. The van der Waals surface area contributed by atoms with Crippen LogP contribution in [-0.2, 0) is 13.1 Å². The molecule has 0 bridgehead atoms. The van der Waals surface area contributed by atoms with Gasteiger partial charge in [-0.3, -0.25) is 4.79 Å². The van der Waals surface area contributed by atoms with Gasteiger partial charge in [-0.2, -0.15) is 0 Å². The molecule has 1 unspecified atom stereocenters. The zero-order valence-electron chi connectivity index (χ0n) is 13.1. The molecule has 2 aromatic heterocycles. The Balaban J connectivity index is 2.34. The highest BCUT2D eigenvalue weighted by Gasteiger charge is 2.11. The van der Waals surface area contributed by atoms with Crippen LogP contribution in [-0.4, -0.2) is 10.6 Å². The van der Waals surface area contributed by atoms with E-state index in [1.807, 2.05) is 16.7 Å². The van der Waals surface area contributed by atoms with Gasteiger partial charge in [-0.05, 0) is 37.3 Å². The van der Waals surface area contributed by atoms with Crippen molar-refractivity contribution in [2.75, 3.05) is 0 Å². The van der Waals surface area contributed by atoms with Crippen molar-refractivity contribution in [3.05, 3.63) is 45.6 Å². The van der Waals surface area contributed by atoms with Gasteiger partial charge < -0.3 is 9.88 Å². The van der Waals surface area contributed by atoms with Crippen LogP contribution in [0.15, 0.2) is 34.4 Å². The maximum Gasteiger partial charge on any atom is 0.255 e. The van der Waals surface area contributed by atoms with Crippen molar-refractivity contribution < 1.29 is 0 Å². The summed E-state index contributed by atoms with van der Waals surface area (Å²) in [4.78, 5) is 13.9. The maximum atomic E-state index is 12.7. The Kier molecular flexibility index (Phi) is 5.76. The normalized spacial score (nSPS) is 12.5. The molecule has 0 saturated heterocycles. The molecule has 0 amide bonds. The third kappa shape index (κ3) is 3.83. The largest absolute Gasteiger partial charge is 0.310 e. The van der Waals surface area contributed by atoms with Gasteiger partial charge in [0.25, 0.3) is 5.56 Å². The van der Waals surface area contributed by atoms with Gasteiger partial charge in [-0.25, -0.2) is 0 Å². The third-order valence-corrected chi connectivity index (χ3v) is 4.62. The second kappa shape index (κ2) is 7.57. The van der Waals surface area contributed by atoms with Gasteiger partial charge in [0.1, 0.15) is 0 Å². The van der Waals surface area contributed by atoms with E-state index in [0.29, 0.717) is 12.6 Å². The lowest BCUT2D eigenvalue weighted by Crippen LogP contribution is -2.31. The number of nitrogens with zero attached hydrogens (tertiary/aromatic N) is 1. The minimum atomic E-state index is 0.138. The van der Waals surface area contributed by atoms with Crippen molar-refractivity contribution in [2.45, 2.75) is 52.7 Å². The number of pyridine rings is 1. The summed E-state index contributed by atoms with van der Waals surface area (Å²) in [6.45, 7) is 7.80. The number of hydrogen-bond acceptors (Lipinski definition) is 3. The fourth-order valence-electron chi connectivity index (χ4n) is 2.27. The van der Waals surface area contributed by atoms with Crippen LogP contribution in [0.3, 0.4) is 0 Å². The zero-order chi connectivity index (χ0) is 15.2. The number of aromatic nitrogens is 1. The molecular formula is C17H24N2OS. The molecule has 0 radical (unpaired) electrons. The quantitative estimate of drug-likeness (QED) is 0.842. The summed E-state index contributed by atoms with van der Waals surface area (Å²) in [6, 6.07) is 8.58. The molecule has 0 fully saturated rings. The van der Waals surface area contributed by atoms with Crippen molar-refractivity contribution >= 4 is 11.3 Å². The van der Waals surface area contributed by atoms with E-state index in [2.05, 4.69) is 43.6 Å². The van der Waals surface area contributed by atoms with Crippen molar-refractivity contribution in [3.63, 3.8) is 0 Å². The molecule has 4 heteroatoms. The van der Waals surface area contributed by atoms with E-state index < -0.39 is 0 Å². The molecule has 1 N–H and O–H groups in total. The minimum Gasteiger partial charge on any atom is -0.310 e. The van der Waals surface area contributed by atoms with Crippen LogP contribution in [0, 0.1) is 0 Å². The van der Waals surface area contributed by atoms with Crippen LogP contribution < -0.4 is 10.9 Å². The molecule has 0 aliphatic heterocycles. The first-order valence-corrected chi connectivity index (χ1v) is 8.55. The zero-order valence-corrected chi connectivity index (χ0v) is 13.9. The van der Waals surface area contributed by atoms with E-state index in [0.717, 1.165) is 35.5 Å². The Hall–Kier alpha value is -1.39. The molecule has 0 aliphatic carbocycles. The number of hydrogen-bond donors (Lipinski definition) is 1. The standard InChI is InChI=1S/C17H24N2OS/c1-4-10-19-15(16-7-6-11-21-16)9-8-14(17(19)20)12-18-13(3)5-2/h6-9,11,13,18H,4-5,10,12H2,1-3H3. The molecule has 0 aliphatic rings. The fourth-order valence-corrected chi connectivity index (χ4v) is 3.03. The van der Waals surface area contributed by atoms with Crippen LogP contribution >= 0.6 is 11.3 Å². The molecule has 21 heavy (non-hydrogen) atoms. The highest BCUT2D eigenvalue weighted by molar-refractivity contribution is 7.13. The SMILES string of the molecule is CCCn1c(-c2cccs2)ccc(CNC(C)CC)c1=O. The summed E-state index contributed by atoms with van der Waals surface area (Å²) in [6.07, 6.45) is 2.02. The lowest BCUT2D eigenvalue weighted by molar-refractivity contribution is 0.528. The number of rotatable bonds is 7. The molecule has 1 atom stereocenters. The molecule has 0 saturated carbocycles. The van der Waals surface area contributed by atoms with Crippen molar-refractivity contribution in [3.8, 4) is 10.6 Å². The smallest absolute Gasteiger partial charge is 0.255 e. The Labute approximate surface area is 130 Å². The third-order valence-electron chi connectivity index (χ3n) is 3.73. The van der Waals surface area contributed by atoms with Crippen LogP contribution in [0.2, 0.25) is 0 Å². The first-order valence-electron chi connectivity index (χ1n) is 7.67. The van der Waals surface area contributed by atoms with Crippen molar-refractivity contribution in [1.29, 1.82) is 0 Å². The topological polar surface area (TPSA) is 34.0 Å². The highest BCUT2D eigenvalue weighted by Crippen LogP contribution is 2.24. The Bertz CT molecular complexity index is 616. The van der Waals surface area contributed by atoms with E-state index in [1.165, 1.54) is 0 Å². The van der Waals surface area contributed by atoms with Crippen LogP contribution in [0.5, 0.6) is 0 Å². The second-order valence-corrected chi connectivity index (χ2v) is 6.32. The van der Waals surface area contributed by atoms with Gasteiger partial charge >= 0.3 is 0 Å². The molecule has 0 aromatic carbocycles. The number of nitrogens with one attached hydrogen (secondary N) is 1. The lowest BCUT2D eigenvalue weighted by atomic mass is 10.2. The molecule has 114 valence electrons. The molecule has 2 aromatic rings. The van der Waals surface area contributed by atoms with Crippen molar-refractivity contribution in [1.82, 2.24) is 9.88 Å². The van der Waals surface area contributed by atoms with E-state index in [-0.39, 0.29) is 5.56 Å². The Morgan fingerprint density at radius 1 is 1.29 bits per heavy atom. The second-order valence-electron chi connectivity index (χ2n) is 5.37. The number of thiophene rings is 1. The first kappa shape index (κ1) is 16.0. The summed E-state index contributed by atoms with van der Waals surface area (Å²) < 4.78 is 1.92. The van der Waals surface area contributed by atoms with Crippen LogP contribution in [0.1, 0.15) is 39.2 Å². The lowest BCUT2D eigenvalue weighted by Gasteiger charge is -2.15. The average molecular weight is 304 g/mol. The maximum absolute atomic E-state index is 12.7. The van der Waals surface area contributed by atoms with Gasteiger partial charge in [0.2, 0.25) is 0 Å². The van der Waals surface area contributed by atoms with Gasteiger partial charge in [0, 0.05) is 24.7 Å². The van der Waals surface area contributed by atoms with Gasteiger partial charge in [-0.15, -0.1) is 11.3 Å². The monoisotopic (exact) mass is 304 g/mol. The summed E-state index contributed by atoms with van der Waals surface area (Å²) in [5, 5.41) is 5.45. The highest BCUT2D eigenvalue weighted by atomic mass is 32.1. The Morgan fingerprint density at radius 3 is 2.71 bits per heavy atom. The molecular weight excluding hydrogens is 280 g/mol. The van der Waals surface area contributed by atoms with Gasteiger partial charge in [-0.1, -0.05) is 26.0 Å². The molecule has 2 heterocycles. The van der Waals surface area contributed by atoms with E-state index in [9.17, 15) is 4.79 Å². The average Bonchev–Trinajstić information content (AvgIpc) is 3.02. The first-order chi connectivity index (χ1) is 10.2. The summed E-state index contributed by atoms with van der Waals surface area (Å²) in [7, 11) is 0. The summed E-state index contributed by atoms with van der Waals surface area (Å²) in [5.74, 6) is 0. The van der Waals surface area contributed by atoms with E-state index in [4.69, 9.17) is 0 Å². The summed E-state index contributed by atoms with van der Waals surface area (Å²) in [5.41, 5.74) is 2.02. The van der Waals surface area contributed by atoms with Crippen LogP contribution in [0.4, 0.5) is 0 Å². The van der Waals surface area contributed by atoms with E-state index >= 15 is 0 Å². The molecule has 0 spiro atoms. The van der Waals surface area contributed by atoms with E-state index in [1.54, 1.807) is 11.3 Å². The van der Waals surface area contributed by atoms with Gasteiger partial charge in [0.15, 0.2) is 0 Å². The fraction of sp³-hybridized carbons (Fsp3) is 0.471. The van der Waals surface area contributed by atoms with Gasteiger partial charge in [0.05, 0.1) is 10.6 Å². The van der Waals surface area contributed by atoms with Crippen molar-refractivity contribution in [2.24, 2.45) is 0 Å². The summed E-state index contributed by atoms with van der Waals surface area (Å²) >= 11 is 1.68. The molecule has 3 nitrogen and oxygen atoms in total. The predicted molar refractivity (Wildman–Crippen MR) is 90.9 cm³/mol. The Morgan fingerprint density at radius 2 is 2.10 bits per heavy atom. The minimum absolute atomic E-state index is 0.138. The molecule has 2 rings (SSSR count). The van der Waals surface area contributed by atoms with Crippen LogP contribution in [0.25, 0.3) is 10.6 Å².